The standard InChI is InChI=1S/C26H31N4O6P.C22H23N4O6P.C12H12NO6P.C10H13N3O.C3H9BrSi.ClH/c1-5-35-37(34,36-6-2)19-10-11-22-20(14-19)21(18(4)31)15-29(22)16-25(32)30-13-12-23(30)26(33)28-24-9-7-8-17(3)27-24;1-13-4-3-5-20(23-13)24-22(29)19-8-9-26(19)21(28)12-25-11-17(14(2)27)16-10-15(33(30,31)32)6-7-18(16)25;1-7(14)10-5-13(6-12(15)16)11-3-2-8(4-9(10)11)20(17,18)19;1-7-3-2-4-9(12-7)13-10(14)8-5-6-11-8;1-5(2,3)4;/h7-11,14-15,23H,5-6,12-13,16H2,1-4H3,(H,27,28,33);3-7,10-11,19H,8-9,12H2,1-2H3,(H,23,24,29)(H2,30,31,32);2-5H,6H2,1H3,(H,15,16)(H2,17,18,19);2-4,8,11H,5-6H2,1H3,(H,12,13,14);1-3H3;1H/t23-;19-;;8-;;/m00.0../s1. The zero-order valence-corrected chi connectivity index (χ0v) is 68.4. The molecule has 12 rings (SSSR count). The van der Waals surface area contributed by atoms with Crippen LogP contribution >= 0.6 is 50.5 Å². The van der Waals surface area contributed by atoms with E-state index in [0.717, 1.165) is 30.0 Å². The molecule has 3 saturated heterocycles. The predicted molar refractivity (Wildman–Crippen MR) is 426 cm³/mol. The van der Waals surface area contributed by atoms with Crippen molar-refractivity contribution in [2.75, 3.05) is 48.8 Å². The number of rotatable bonds is 22. The van der Waals surface area contributed by atoms with Crippen molar-refractivity contribution >= 4 is 176 Å². The molecule has 0 spiro atoms. The van der Waals surface area contributed by atoms with Gasteiger partial charge in [-0.3, -0.25) is 56.8 Å². The van der Waals surface area contributed by atoms with E-state index in [4.69, 9.17) is 23.9 Å². The van der Waals surface area contributed by atoms with Crippen LogP contribution in [0.2, 0.25) is 19.6 Å². The lowest BCUT2D eigenvalue weighted by atomic mass is 10.0. The number of anilines is 3. The minimum absolute atomic E-state index is 0. The van der Waals surface area contributed by atoms with Crippen molar-refractivity contribution in [2.24, 2.45) is 0 Å². The second-order valence-electron chi connectivity index (χ2n) is 26.7. The predicted octanol–water partition coefficient (Wildman–Crippen LogP) is 9.33. The molecule has 588 valence electrons. The Morgan fingerprint density at radius 1 is 0.518 bits per heavy atom. The van der Waals surface area contributed by atoms with Crippen LogP contribution in [-0.4, -0.2) is 174 Å². The van der Waals surface area contributed by atoms with Gasteiger partial charge in [-0.1, -0.05) is 37.8 Å². The average Bonchev–Trinajstić information content (AvgIpc) is 1.59. The summed E-state index contributed by atoms with van der Waals surface area (Å²) in [6.07, 6.45) is 6.50. The molecule has 9 aromatic rings. The van der Waals surface area contributed by atoms with Crippen molar-refractivity contribution < 1.29 is 90.6 Å². The van der Waals surface area contributed by atoms with Gasteiger partial charge in [-0.25, -0.2) is 15.0 Å². The third kappa shape index (κ3) is 23.3. The van der Waals surface area contributed by atoms with E-state index in [0.29, 0.717) is 87.0 Å². The molecular weight excluding hydrogens is 1590 g/mol. The monoisotopic (exact) mass is 1670 g/mol. The van der Waals surface area contributed by atoms with Gasteiger partial charge in [0.1, 0.15) is 55.9 Å². The summed E-state index contributed by atoms with van der Waals surface area (Å²) < 4.78 is 51.7. The molecule has 0 saturated carbocycles. The van der Waals surface area contributed by atoms with Gasteiger partial charge in [0.25, 0.3) is 0 Å². The SMILES string of the molecule is CC(=O)c1cn(CC(=O)N2CC[C@H]2C(=O)Nc2cccc(C)n2)c2ccc(P(=O)(O)O)cc12.CC(=O)c1cn(CC(=O)O)c2ccc(P(=O)(O)O)cc12.CCOP(=O)(OCC)c1ccc2c(c1)c(C(C)=O)cn2CC(=O)N1CC[C@H]1C(=O)Nc1cccc(C)n1.C[Si](C)(C)Br.Cc1cccc(NC(=O)[C@@H]2CCN2)n1.Cl. The third-order valence-electron chi connectivity index (χ3n) is 17.1. The van der Waals surface area contributed by atoms with Gasteiger partial charge in [-0.15, -0.1) is 27.7 Å². The van der Waals surface area contributed by atoms with Gasteiger partial charge in [-0.2, -0.15) is 0 Å². The summed E-state index contributed by atoms with van der Waals surface area (Å²) >= 11 is 3.51. The first-order chi connectivity index (χ1) is 51.2. The number of carbonyl (C=O) groups is 9. The average molecular weight is 1670 g/mol. The van der Waals surface area contributed by atoms with Gasteiger partial charge in [-0.05, 0) is 172 Å². The molecule has 0 bridgehead atoms. The lowest BCUT2D eigenvalue weighted by Gasteiger charge is -2.39. The molecule has 0 aliphatic carbocycles. The number of likely N-dealkylation sites (tertiary alicyclic amines) is 2. The molecule has 3 fully saturated rings. The quantitative estimate of drug-likeness (QED) is 0.0132. The van der Waals surface area contributed by atoms with E-state index in [9.17, 15) is 66.6 Å². The summed E-state index contributed by atoms with van der Waals surface area (Å²) in [5.74, 6) is -1.51. The van der Waals surface area contributed by atoms with Crippen LogP contribution in [0, 0.1) is 20.8 Å². The Bertz CT molecular complexity index is 5110. The van der Waals surface area contributed by atoms with Gasteiger partial charge in [0.05, 0.1) is 35.2 Å². The maximum Gasteiger partial charge on any atom is 0.361 e. The summed E-state index contributed by atoms with van der Waals surface area (Å²) in [5, 5.41) is 21.3. The van der Waals surface area contributed by atoms with Crippen LogP contribution in [0.15, 0.2) is 128 Å². The molecule has 3 aliphatic rings. The normalized spacial score (nSPS) is 15.2. The van der Waals surface area contributed by atoms with Crippen molar-refractivity contribution in [2.45, 2.75) is 132 Å². The molecule has 31 nitrogen and oxygen atoms in total. The first-order valence-electron chi connectivity index (χ1n) is 34.6. The van der Waals surface area contributed by atoms with Gasteiger partial charge in [0.15, 0.2) is 17.3 Å². The number of hydrogen-bond donors (Lipinski definition) is 9. The van der Waals surface area contributed by atoms with Crippen LogP contribution in [0.1, 0.15) is 102 Å². The maximum atomic E-state index is 13.3. The van der Waals surface area contributed by atoms with Crippen LogP contribution in [0.25, 0.3) is 32.7 Å². The number of carbonyl (C=O) groups excluding carboxylic acids is 8. The number of halogens is 2. The Kier molecular flexibility index (Phi) is 30.3. The molecule has 37 heteroatoms. The fourth-order valence-electron chi connectivity index (χ4n) is 11.7. The number of fused-ring (bicyclic) bond motifs is 3. The molecule has 6 aromatic heterocycles. The Hall–Kier alpha value is -9.04. The van der Waals surface area contributed by atoms with Gasteiger partial charge in [0, 0.05) is 98.2 Å². The summed E-state index contributed by atoms with van der Waals surface area (Å²) in [4.78, 5) is 163. The third-order valence-corrected chi connectivity index (χ3v) is 21.1. The van der Waals surface area contributed by atoms with E-state index in [1.165, 1.54) is 83.9 Å². The first-order valence-corrected chi connectivity index (χ1v) is 45.1. The van der Waals surface area contributed by atoms with Gasteiger partial charge >= 0.3 is 28.8 Å². The van der Waals surface area contributed by atoms with Crippen molar-refractivity contribution in [3.63, 3.8) is 0 Å². The van der Waals surface area contributed by atoms with E-state index in [1.54, 1.807) is 77.7 Å². The smallest absolute Gasteiger partial charge is 0.361 e. The van der Waals surface area contributed by atoms with Crippen molar-refractivity contribution in [1.82, 2.24) is 43.8 Å². The Morgan fingerprint density at radius 2 is 0.836 bits per heavy atom. The van der Waals surface area contributed by atoms with Gasteiger partial charge in [0.2, 0.25) is 29.5 Å². The second-order valence-corrected chi connectivity index (χ2v) is 43.2. The van der Waals surface area contributed by atoms with E-state index in [2.05, 4.69) is 71.2 Å². The molecular formula is C73H89BrClN12O19P3Si. The number of Topliss-reactive ketones (excluding diaryl/α,β-unsaturated/α-hetero) is 3. The number of carboxylic acid groups (broad SMARTS) is 1. The highest BCUT2D eigenvalue weighted by atomic mass is 79.9. The summed E-state index contributed by atoms with van der Waals surface area (Å²) in [5.41, 5.74) is 4.91. The fourth-order valence-corrected chi connectivity index (χ4v) is 14.4. The Morgan fingerprint density at radius 3 is 1.11 bits per heavy atom. The first kappa shape index (κ1) is 88.2. The zero-order valence-electron chi connectivity index (χ0n) is 62.3. The number of nitrogens with one attached hydrogen (secondary N) is 4. The van der Waals surface area contributed by atoms with E-state index < -0.39 is 47.5 Å². The van der Waals surface area contributed by atoms with Crippen LogP contribution in [-0.2, 0) is 71.1 Å². The number of aliphatic carboxylic acids is 1. The number of nitrogens with zero attached hydrogens (tertiary/aromatic N) is 8. The highest BCUT2D eigenvalue weighted by molar-refractivity contribution is 9.26. The highest BCUT2D eigenvalue weighted by Gasteiger charge is 2.40. The van der Waals surface area contributed by atoms with Crippen molar-refractivity contribution in [1.29, 1.82) is 0 Å². The number of carboxylic acids is 1. The van der Waals surface area contributed by atoms with E-state index in [-0.39, 0.29) is 120 Å². The number of aromatic nitrogens is 6. The molecule has 3 aliphatic heterocycles. The number of hydrogen-bond acceptors (Lipinski definition) is 18. The number of ketones is 3. The molecule has 0 unspecified atom stereocenters. The highest BCUT2D eigenvalue weighted by Crippen LogP contribution is 2.47. The van der Waals surface area contributed by atoms with Crippen LogP contribution < -0.4 is 37.2 Å². The molecule has 3 aromatic carbocycles. The van der Waals surface area contributed by atoms with Gasteiger partial charge < -0.3 is 78.5 Å². The number of aryl methyl sites for hydroxylation is 3. The Labute approximate surface area is 649 Å². The van der Waals surface area contributed by atoms with Crippen LogP contribution in [0.4, 0.5) is 17.5 Å². The van der Waals surface area contributed by atoms with Crippen LogP contribution in [0.5, 0.6) is 0 Å². The lowest BCUT2D eigenvalue weighted by molar-refractivity contribution is -0.145. The van der Waals surface area contributed by atoms with E-state index >= 15 is 0 Å². The molecule has 9 N–H and O–H groups in total. The Balaban J connectivity index is 0.000000209. The van der Waals surface area contributed by atoms with Crippen molar-refractivity contribution in [3.05, 3.63) is 162 Å². The van der Waals surface area contributed by atoms with E-state index in [1.807, 2.05) is 45.0 Å². The topological polar surface area (TPSA) is 433 Å². The summed E-state index contributed by atoms with van der Waals surface area (Å²) in [6, 6.07) is 27.8. The van der Waals surface area contributed by atoms with Crippen molar-refractivity contribution in [3.8, 4) is 0 Å². The molecule has 5 amide bonds. The maximum absolute atomic E-state index is 13.3. The second kappa shape index (κ2) is 37.8. The lowest BCUT2D eigenvalue weighted by Crippen LogP contribution is -2.57. The van der Waals surface area contributed by atoms with Crippen LogP contribution in [0.3, 0.4) is 0 Å². The summed E-state index contributed by atoms with van der Waals surface area (Å²) in [7, 11) is -12.5. The number of pyridine rings is 3. The zero-order chi connectivity index (χ0) is 80.2. The molecule has 110 heavy (non-hydrogen) atoms. The summed E-state index contributed by atoms with van der Waals surface area (Å²) in [6.45, 7) is 20.8. The number of amides is 5. The number of benzene rings is 3. The molecule has 3 atom stereocenters. The fraction of sp³-hybridized carbons (Fsp3) is 0.342. The minimum Gasteiger partial charge on any atom is -0.480 e. The minimum atomic E-state index is -4.50. The largest absolute Gasteiger partial charge is 0.480 e. The molecule has 0 radical (unpaired) electrons. The molecule has 9 heterocycles.